The van der Waals surface area contributed by atoms with Gasteiger partial charge in [-0.3, -0.25) is 14.9 Å². The molecule has 0 spiro atoms. The molecule has 13 heteroatoms. The molecular formula is C22H24N4O7S2. The Labute approximate surface area is 206 Å². The van der Waals surface area contributed by atoms with E-state index in [4.69, 9.17) is 14.6 Å². The van der Waals surface area contributed by atoms with Crippen molar-refractivity contribution in [1.29, 1.82) is 0 Å². The van der Waals surface area contributed by atoms with E-state index in [2.05, 4.69) is 15.3 Å². The van der Waals surface area contributed by atoms with Crippen molar-refractivity contribution in [1.82, 2.24) is 14.3 Å². The molecule has 0 bridgehead atoms. The second-order valence-electron chi connectivity index (χ2n) is 7.73. The topological polar surface area (TPSA) is 148 Å². The number of amides is 1. The second-order valence-corrected chi connectivity index (χ2v) is 10.7. The Balaban J connectivity index is 1.84. The number of ether oxygens (including phenoxy) is 2. The molecule has 0 fully saturated rings. The van der Waals surface area contributed by atoms with Crippen molar-refractivity contribution in [2.45, 2.75) is 31.3 Å². The van der Waals surface area contributed by atoms with Crippen LogP contribution in [0.15, 0.2) is 46.7 Å². The van der Waals surface area contributed by atoms with Gasteiger partial charge in [-0.2, -0.15) is 4.98 Å². The first kappa shape index (κ1) is 26.1. The smallest absolute Gasteiger partial charge is 0.309 e. The van der Waals surface area contributed by atoms with Crippen LogP contribution in [-0.2, 0) is 21.2 Å². The highest BCUT2D eigenvalue weighted by Crippen LogP contribution is 2.27. The molecule has 0 aliphatic heterocycles. The lowest BCUT2D eigenvalue weighted by Gasteiger charge is -2.14. The third-order valence-corrected chi connectivity index (χ3v) is 6.96. The molecule has 0 radical (unpaired) electrons. The summed E-state index contributed by atoms with van der Waals surface area (Å²) < 4.78 is 37.0. The number of pyridine rings is 1. The molecular weight excluding hydrogens is 496 g/mol. The van der Waals surface area contributed by atoms with Gasteiger partial charge in [0.05, 0.1) is 28.7 Å². The highest BCUT2D eigenvalue weighted by Gasteiger charge is 2.18. The number of hydrogen-bond acceptors (Lipinski definition) is 9. The number of carboxylic acids is 1. The lowest BCUT2D eigenvalue weighted by atomic mass is 10.2. The van der Waals surface area contributed by atoms with E-state index >= 15 is 0 Å². The third-order valence-electron chi connectivity index (χ3n) is 4.33. The van der Waals surface area contributed by atoms with E-state index in [1.54, 1.807) is 19.2 Å². The fraction of sp³-hybridized carbons (Fsp3) is 0.273. The standard InChI is InChI=1S/C22H24N4O7S2/c1-13(2)32-18-9-14(21(29)25-22-23-15(12-34-22)11-20(27)28)10-19(24-18)33-16-5-7-17(8-6-16)35(30,31)26(3)4/h5-10,12-13H,11H2,1-4H3,(H,27,28)(H,23,25,29). The highest BCUT2D eigenvalue weighted by molar-refractivity contribution is 7.89. The van der Waals surface area contributed by atoms with E-state index in [-0.39, 0.29) is 39.9 Å². The maximum absolute atomic E-state index is 12.8. The first-order valence-corrected chi connectivity index (χ1v) is 12.6. The molecule has 11 nitrogen and oxygen atoms in total. The van der Waals surface area contributed by atoms with Crippen LogP contribution < -0.4 is 14.8 Å². The lowest BCUT2D eigenvalue weighted by molar-refractivity contribution is -0.136. The normalized spacial score (nSPS) is 11.5. The minimum absolute atomic E-state index is 0.0576. The van der Waals surface area contributed by atoms with E-state index < -0.39 is 21.9 Å². The highest BCUT2D eigenvalue weighted by atomic mass is 32.2. The molecule has 3 rings (SSSR count). The largest absolute Gasteiger partial charge is 0.481 e. The quantitative estimate of drug-likeness (QED) is 0.411. The Morgan fingerprint density at radius 2 is 1.77 bits per heavy atom. The SMILES string of the molecule is CC(C)Oc1cc(C(=O)Nc2nc(CC(=O)O)cs2)cc(Oc2ccc(S(=O)(=O)N(C)C)cc2)n1. The van der Waals surface area contributed by atoms with Crippen molar-refractivity contribution in [2.75, 3.05) is 19.4 Å². The van der Waals surface area contributed by atoms with Gasteiger partial charge in [-0.1, -0.05) is 0 Å². The Morgan fingerprint density at radius 1 is 1.11 bits per heavy atom. The van der Waals surface area contributed by atoms with Crippen LogP contribution in [0.1, 0.15) is 29.9 Å². The van der Waals surface area contributed by atoms with E-state index in [1.165, 1.54) is 50.5 Å². The number of hydrogen-bond donors (Lipinski definition) is 2. The second kappa shape index (κ2) is 10.8. The van der Waals surface area contributed by atoms with Gasteiger partial charge in [0.25, 0.3) is 5.91 Å². The van der Waals surface area contributed by atoms with Crippen LogP contribution in [0.4, 0.5) is 5.13 Å². The number of aromatic nitrogens is 2. The number of nitrogens with one attached hydrogen (secondary N) is 1. The minimum Gasteiger partial charge on any atom is -0.481 e. The molecule has 1 aromatic carbocycles. The number of nitrogens with zero attached hydrogens (tertiary/aromatic N) is 3. The number of rotatable bonds is 10. The van der Waals surface area contributed by atoms with Gasteiger partial charge in [-0.05, 0) is 38.1 Å². The number of carboxylic acid groups (broad SMARTS) is 1. The number of aliphatic carboxylic acids is 1. The summed E-state index contributed by atoms with van der Waals surface area (Å²) >= 11 is 1.10. The van der Waals surface area contributed by atoms with Crippen molar-refractivity contribution in [3.05, 3.63) is 53.0 Å². The van der Waals surface area contributed by atoms with Gasteiger partial charge in [0, 0.05) is 31.6 Å². The zero-order chi connectivity index (χ0) is 25.8. The average molecular weight is 521 g/mol. The maximum Gasteiger partial charge on any atom is 0.309 e. The van der Waals surface area contributed by atoms with Crippen LogP contribution in [-0.4, -0.2) is 59.9 Å². The van der Waals surface area contributed by atoms with E-state index in [0.717, 1.165) is 15.6 Å². The zero-order valence-corrected chi connectivity index (χ0v) is 21.0. The van der Waals surface area contributed by atoms with Gasteiger partial charge in [0.15, 0.2) is 5.13 Å². The molecule has 186 valence electrons. The van der Waals surface area contributed by atoms with Gasteiger partial charge < -0.3 is 14.6 Å². The summed E-state index contributed by atoms with van der Waals surface area (Å²) in [4.78, 5) is 32.1. The van der Waals surface area contributed by atoms with Gasteiger partial charge >= 0.3 is 5.97 Å². The minimum atomic E-state index is -3.59. The molecule has 35 heavy (non-hydrogen) atoms. The zero-order valence-electron chi connectivity index (χ0n) is 19.4. The predicted octanol–water partition coefficient (Wildman–Crippen LogP) is 3.25. The van der Waals surface area contributed by atoms with E-state index in [9.17, 15) is 18.0 Å². The summed E-state index contributed by atoms with van der Waals surface area (Å²) in [5.74, 6) is -1.02. The summed E-state index contributed by atoms with van der Waals surface area (Å²) in [6.07, 6.45) is -0.470. The molecule has 1 amide bonds. The molecule has 0 aliphatic carbocycles. The number of thiazole rings is 1. The van der Waals surface area contributed by atoms with Crippen LogP contribution in [0.25, 0.3) is 0 Å². The van der Waals surface area contributed by atoms with Gasteiger partial charge in [0.1, 0.15) is 5.75 Å². The van der Waals surface area contributed by atoms with Crippen LogP contribution in [0, 0.1) is 0 Å². The fourth-order valence-electron chi connectivity index (χ4n) is 2.75. The van der Waals surface area contributed by atoms with Gasteiger partial charge in [0.2, 0.25) is 21.8 Å². The number of benzene rings is 1. The van der Waals surface area contributed by atoms with Crippen molar-refractivity contribution in [3.8, 4) is 17.5 Å². The van der Waals surface area contributed by atoms with Crippen LogP contribution in [0.2, 0.25) is 0 Å². The molecule has 0 aliphatic rings. The lowest BCUT2D eigenvalue weighted by Crippen LogP contribution is -2.22. The molecule has 2 heterocycles. The monoisotopic (exact) mass is 520 g/mol. The number of carbonyl (C=O) groups is 2. The summed E-state index contributed by atoms with van der Waals surface area (Å²) in [6.45, 7) is 3.61. The van der Waals surface area contributed by atoms with Crippen molar-refractivity contribution in [2.24, 2.45) is 0 Å². The summed E-state index contributed by atoms with van der Waals surface area (Å²) in [7, 11) is -0.709. The summed E-state index contributed by atoms with van der Waals surface area (Å²) in [5, 5.41) is 13.3. The summed E-state index contributed by atoms with van der Waals surface area (Å²) in [6, 6.07) is 8.62. The van der Waals surface area contributed by atoms with Crippen molar-refractivity contribution >= 4 is 38.4 Å². The Morgan fingerprint density at radius 3 is 2.37 bits per heavy atom. The summed E-state index contributed by atoms with van der Waals surface area (Å²) in [5.41, 5.74) is 0.507. The number of carbonyl (C=O) groups excluding carboxylic acids is 1. The third kappa shape index (κ3) is 6.97. The molecule has 0 saturated heterocycles. The Hall–Kier alpha value is -3.55. The molecule has 0 atom stereocenters. The first-order chi connectivity index (χ1) is 16.4. The molecule has 0 unspecified atom stereocenters. The fourth-order valence-corrected chi connectivity index (χ4v) is 4.35. The van der Waals surface area contributed by atoms with E-state index in [0.29, 0.717) is 11.4 Å². The molecule has 0 saturated carbocycles. The van der Waals surface area contributed by atoms with Gasteiger partial charge in [-0.15, -0.1) is 11.3 Å². The molecule has 2 N–H and O–H groups in total. The van der Waals surface area contributed by atoms with Crippen molar-refractivity contribution in [3.63, 3.8) is 0 Å². The molecule has 2 aromatic heterocycles. The van der Waals surface area contributed by atoms with E-state index in [1.807, 2.05) is 0 Å². The van der Waals surface area contributed by atoms with Crippen LogP contribution >= 0.6 is 11.3 Å². The van der Waals surface area contributed by atoms with Crippen LogP contribution in [0.5, 0.6) is 17.5 Å². The number of sulfonamides is 1. The Bertz CT molecular complexity index is 1320. The number of anilines is 1. The first-order valence-electron chi connectivity index (χ1n) is 10.3. The van der Waals surface area contributed by atoms with Gasteiger partial charge in [-0.25, -0.2) is 17.7 Å². The predicted molar refractivity (Wildman–Crippen MR) is 129 cm³/mol. The Kier molecular flexibility index (Phi) is 8.04. The molecule has 3 aromatic rings. The maximum atomic E-state index is 12.8. The average Bonchev–Trinajstić information content (AvgIpc) is 3.19. The van der Waals surface area contributed by atoms with Crippen molar-refractivity contribution < 1.29 is 32.6 Å². The van der Waals surface area contributed by atoms with Crippen LogP contribution in [0.3, 0.4) is 0 Å².